The summed E-state index contributed by atoms with van der Waals surface area (Å²) >= 11 is 0. The Bertz CT molecular complexity index is 956. The Balaban J connectivity index is 2.18. The first-order chi connectivity index (χ1) is 12.6. The molecule has 1 aromatic heterocycles. The van der Waals surface area contributed by atoms with Crippen molar-refractivity contribution in [3.63, 3.8) is 0 Å². The highest BCUT2D eigenvalue weighted by molar-refractivity contribution is 6.81. The second-order valence-electron chi connectivity index (χ2n) is 9.24. The van der Waals surface area contributed by atoms with E-state index in [1.165, 1.54) is 16.6 Å². The van der Waals surface area contributed by atoms with Crippen molar-refractivity contribution < 1.29 is 5.11 Å². The molecule has 0 aliphatic rings. The highest BCUT2D eigenvalue weighted by Gasteiger charge is 2.44. The van der Waals surface area contributed by atoms with E-state index in [0.29, 0.717) is 11.3 Å². The molecule has 0 aliphatic heterocycles. The smallest absolute Gasteiger partial charge is 0.118 e. The molecule has 0 radical (unpaired) electrons. The molecule has 0 aliphatic carbocycles. The van der Waals surface area contributed by atoms with E-state index in [1.54, 1.807) is 6.07 Å². The number of fused-ring (bicyclic) bond motifs is 1. The van der Waals surface area contributed by atoms with Gasteiger partial charge in [0.1, 0.15) is 5.75 Å². The maximum atomic E-state index is 10.4. The molecule has 27 heavy (non-hydrogen) atoms. The Hall–Kier alpha value is -2.13. The largest absolute Gasteiger partial charge is 0.508 e. The van der Waals surface area contributed by atoms with E-state index in [1.807, 2.05) is 18.2 Å². The SMILES string of the molecule is Cc1cc2ccccc2nc1C(Cc1ccccc1O)[Si](C)(C)C(C)(C)C. The van der Waals surface area contributed by atoms with Crippen LogP contribution in [0, 0.1) is 6.92 Å². The van der Waals surface area contributed by atoms with Gasteiger partial charge in [-0.25, -0.2) is 0 Å². The minimum atomic E-state index is -1.77. The lowest BCUT2D eigenvalue weighted by Crippen LogP contribution is -2.45. The van der Waals surface area contributed by atoms with Gasteiger partial charge in [-0.15, -0.1) is 0 Å². The number of benzene rings is 2. The fourth-order valence-electron chi connectivity index (χ4n) is 3.71. The third-order valence-electron chi connectivity index (χ3n) is 6.50. The lowest BCUT2D eigenvalue weighted by molar-refractivity contribution is 0.467. The predicted octanol–water partition coefficient (Wildman–Crippen LogP) is 6.62. The molecule has 3 aromatic rings. The van der Waals surface area contributed by atoms with Gasteiger partial charge >= 0.3 is 0 Å². The summed E-state index contributed by atoms with van der Waals surface area (Å²) < 4.78 is 0. The molecule has 0 spiro atoms. The maximum absolute atomic E-state index is 10.4. The molecule has 1 heterocycles. The van der Waals surface area contributed by atoms with E-state index >= 15 is 0 Å². The minimum Gasteiger partial charge on any atom is -0.508 e. The van der Waals surface area contributed by atoms with Crippen LogP contribution in [0.25, 0.3) is 10.9 Å². The number of rotatable bonds is 4. The van der Waals surface area contributed by atoms with E-state index in [-0.39, 0.29) is 5.04 Å². The maximum Gasteiger partial charge on any atom is 0.118 e. The first-order valence-corrected chi connectivity index (χ1v) is 12.8. The summed E-state index contributed by atoms with van der Waals surface area (Å²) in [6.07, 6.45) is 0.829. The zero-order chi connectivity index (χ0) is 19.8. The summed E-state index contributed by atoms with van der Waals surface area (Å²) in [5.41, 5.74) is 4.85. The van der Waals surface area contributed by atoms with Crippen LogP contribution in [0.1, 0.15) is 43.1 Å². The normalized spacial score (nSPS) is 13.7. The fraction of sp³-hybridized carbons (Fsp3) is 0.375. The molecule has 2 nitrogen and oxygen atoms in total. The van der Waals surface area contributed by atoms with Crippen molar-refractivity contribution in [1.82, 2.24) is 4.98 Å². The lowest BCUT2D eigenvalue weighted by atomic mass is 10.0. The van der Waals surface area contributed by atoms with E-state index in [0.717, 1.165) is 17.5 Å². The molecule has 1 N–H and O–H groups in total. The van der Waals surface area contributed by atoms with Gasteiger partial charge in [0.05, 0.1) is 13.6 Å². The van der Waals surface area contributed by atoms with E-state index in [9.17, 15) is 5.11 Å². The lowest BCUT2D eigenvalue weighted by Gasteiger charge is -2.43. The number of aryl methyl sites for hydroxylation is 1. The van der Waals surface area contributed by atoms with Gasteiger partial charge < -0.3 is 5.11 Å². The molecule has 3 heteroatoms. The van der Waals surface area contributed by atoms with Crippen molar-refractivity contribution in [2.45, 2.75) is 57.8 Å². The number of pyridine rings is 1. The molecule has 0 amide bonds. The molecule has 1 unspecified atom stereocenters. The first-order valence-electron chi connectivity index (χ1n) is 9.74. The van der Waals surface area contributed by atoms with Crippen molar-refractivity contribution in [3.8, 4) is 5.75 Å². The second kappa shape index (κ2) is 7.12. The zero-order valence-electron chi connectivity index (χ0n) is 17.4. The molecular weight excluding hydrogens is 346 g/mol. The third-order valence-corrected chi connectivity index (χ3v) is 12.6. The van der Waals surface area contributed by atoms with Crippen molar-refractivity contribution in [3.05, 3.63) is 71.4 Å². The summed E-state index contributed by atoms with van der Waals surface area (Å²) in [5, 5.41) is 11.8. The predicted molar refractivity (Wildman–Crippen MR) is 118 cm³/mol. The number of aromatic nitrogens is 1. The first kappa shape index (κ1) is 19.6. The molecule has 142 valence electrons. The van der Waals surface area contributed by atoms with Gasteiger partial charge in [-0.2, -0.15) is 0 Å². The van der Waals surface area contributed by atoms with Gasteiger partial charge in [0.2, 0.25) is 0 Å². The Morgan fingerprint density at radius 1 is 1.00 bits per heavy atom. The topological polar surface area (TPSA) is 33.1 Å². The molecule has 1 atom stereocenters. The molecule has 0 saturated heterocycles. The molecular formula is C24H31NOSi. The number of para-hydroxylation sites is 2. The van der Waals surface area contributed by atoms with Crippen LogP contribution in [-0.2, 0) is 6.42 Å². The standard InChI is InChI=1S/C24H31NOSi/c1-17-15-18-11-7-9-13-20(18)25-23(17)22(27(5,6)24(2,3)4)16-19-12-8-10-14-21(19)26/h7-15,22,26H,16H2,1-6H3. The van der Waals surface area contributed by atoms with Gasteiger partial charge in [-0.1, -0.05) is 70.3 Å². The number of hydrogen-bond acceptors (Lipinski definition) is 2. The number of nitrogens with zero attached hydrogens (tertiary/aromatic N) is 1. The average Bonchev–Trinajstić information content (AvgIpc) is 2.59. The molecule has 0 fully saturated rings. The quantitative estimate of drug-likeness (QED) is 0.518. The Kier molecular flexibility index (Phi) is 5.17. The van der Waals surface area contributed by atoms with E-state index in [4.69, 9.17) is 4.98 Å². The third kappa shape index (κ3) is 3.79. The summed E-state index contributed by atoms with van der Waals surface area (Å²) in [6, 6.07) is 18.4. The van der Waals surface area contributed by atoms with Crippen molar-refractivity contribution >= 4 is 19.0 Å². The van der Waals surface area contributed by atoms with E-state index < -0.39 is 8.07 Å². The van der Waals surface area contributed by atoms with Crippen LogP contribution < -0.4 is 0 Å². The van der Waals surface area contributed by atoms with E-state index in [2.05, 4.69) is 71.1 Å². The fourth-order valence-corrected chi connectivity index (χ4v) is 6.46. The second-order valence-corrected chi connectivity index (χ2v) is 14.9. The Labute approximate surface area is 164 Å². The van der Waals surface area contributed by atoms with Crippen LogP contribution >= 0.6 is 0 Å². The summed E-state index contributed by atoms with van der Waals surface area (Å²) in [4.78, 5) is 5.13. The van der Waals surface area contributed by atoms with Gasteiger partial charge in [-0.05, 0) is 47.7 Å². The monoisotopic (exact) mass is 377 g/mol. The van der Waals surface area contributed by atoms with Crippen LogP contribution in [0.3, 0.4) is 0 Å². The summed E-state index contributed by atoms with van der Waals surface area (Å²) in [6.45, 7) is 14.2. The van der Waals surface area contributed by atoms with Crippen LogP contribution in [-0.4, -0.2) is 18.2 Å². The number of aromatic hydroxyl groups is 1. The van der Waals surface area contributed by atoms with Gasteiger partial charge in [-0.3, -0.25) is 4.98 Å². The van der Waals surface area contributed by atoms with Crippen LogP contribution in [0.15, 0.2) is 54.6 Å². The minimum absolute atomic E-state index is 0.224. The zero-order valence-corrected chi connectivity index (χ0v) is 18.4. The number of phenols is 1. The van der Waals surface area contributed by atoms with Gasteiger partial charge in [0, 0.05) is 16.6 Å². The highest BCUT2D eigenvalue weighted by Crippen LogP contribution is 2.47. The number of hydrogen-bond donors (Lipinski definition) is 1. The van der Waals surface area contributed by atoms with Crippen LogP contribution in [0.5, 0.6) is 5.75 Å². The van der Waals surface area contributed by atoms with Crippen molar-refractivity contribution in [1.29, 1.82) is 0 Å². The highest BCUT2D eigenvalue weighted by atomic mass is 28.3. The average molecular weight is 378 g/mol. The number of phenolic OH excluding ortho intramolecular Hbond substituents is 1. The van der Waals surface area contributed by atoms with Gasteiger partial charge in [0.25, 0.3) is 0 Å². The summed E-state index contributed by atoms with van der Waals surface area (Å²) in [5.74, 6) is 0.389. The molecule has 3 rings (SSSR count). The molecule has 0 bridgehead atoms. The molecule has 2 aromatic carbocycles. The van der Waals surface area contributed by atoms with Gasteiger partial charge in [0.15, 0.2) is 0 Å². The Morgan fingerprint density at radius 2 is 1.63 bits per heavy atom. The van der Waals surface area contributed by atoms with Crippen molar-refractivity contribution in [2.24, 2.45) is 0 Å². The Morgan fingerprint density at radius 3 is 2.30 bits per heavy atom. The van der Waals surface area contributed by atoms with Crippen molar-refractivity contribution in [2.75, 3.05) is 0 Å². The van der Waals surface area contributed by atoms with Crippen LogP contribution in [0.4, 0.5) is 0 Å². The van der Waals surface area contributed by atoms with Crippen LogP contribution in [0.2, 0.25) is 18.1 Å². The summed E-state index contributed by atoms with van der Waals surface area (Å²) in [7, 11) is -1.77. The molecule has 0 saturated carbocycles.